The van der Waals surface area contributed by atoms with E-state index < -0.39 is 5.97 Å². The summed E-state index contributed by atoms with van der Waals surface area (Å²) in [6.45, 7) is 0. The molecule has 0 atom stereocenters. The van der Waals surface area contributed by atoms with E-state index in [-0.39, 0.29) is 5.56 Å². The zero-order valence-corrected chi connectivity index (χ0v) is 12.8. The Morgan fingerprint density at radius 3 is 2.50 bits per heavy atom. The molecule has 2 aromatic heterocycles. The number of hydrogen-bond donors (Lipinski definition) is 1. The van der Waals surface area contributed by atoms with Crippen molar-refractivity contribution in [2.75, 3.05) is 0 Å². The van der Waals surface area contributed by atoms with Crippen molar-refractivity contribution in [2.45, 2.75) is 0 Å². The van der Waals surface area contributed by atoms with Crippen molar-refractivity contribution in [1.29, 1.82) is 0 Å². The first-order valence-corrected chi connectivity index (χ1v) is 7.59. The number of benzene rings is 2. The molecule has 4 aromatic rings. The minimum absolute atomic E-state index is 0.276. The van der Waals surface area contributed by atoms with Gasteiger partial charge in [-0.1, -0.05) is 42.5 Å². The highest BCUT2D eigenvalue weighted by Crippen LogP contribution is 2.33. The van der Waals surface area contributed by atoms with E-state index in [2.05, 4.69) is 4.98 Å². The molecular formula is C20H14N2O2. The average molecular weight is 314 g/mol. The number of carboxylic acids is 1. The van der Waals surface area contributed by atoms with Crippen LogP contribution in [0.3, 0.4) is 0 Å². The molecule has 0 aliphatic carbocycles. The molecule has 0 aliphatic heterocycles. The van der Waals surface area contributed by atoms with E-state index in [9.17, 15) is 9.90 Å². The third-order valence-electron chi connectivity index (χ3n) is 4.03. The van der Waals surface area contributed by atoms with E-state index in [4.69, 9.17) is 0 Å². The van der Waals surface area contributed by atoms with Gasteiger partial charge in [-0.3, -0.25) is 4.98 Å². The second kappa shape index (κ2) is 5.66. The molecule has 4 heteroatoms. The van der Waals surface area contributed by atoms with Crippen LogP contribution in [0, 0.1) is 0 Å². The quantitative estimate of drug-likeness (QED) is 0.610. The van der Waals surface area contributed by atoms with Gasteiger partial charge in [0.25, 0.3) is 0 Å². The van der Waals surface area contributed by atoms with Crippen LogP contribution in [0.25, 0.3) is 27.8 Å². The lowest BCUT2D eigenvalue weighted by molar-refractivity contribution is 0.0698. The van der Waals surface area contributed by atoms with Crippen LogP contribution in [-0.4, -0.2) is 20.6 Å². The molecule has 4 nitrogen and oxygen atoms in total. The molecule has 0 spiro atoms. The summed E-state index contributed by atoms with van der Waals surface area (Å²) in [5, 5.41) is 10.5. The SMILES string of the molecule is O=C(O)c1cccc2cc(-c3ccccc3)n(-c3cccnc3)c12. The lowest BCUT2D eigenvalue weighted by Gasteiger charge is -2.12. The van der Waals surface area contributed by atoms with Gasteiger partial charge >= 0.3 is 5.97 Å². The molecule has 0 aliphatic rings. The molecule has 2 heterocycles. The van der Waals surface area contributed by atoms with Crippen LogP contribution < -0.4 is 0 Å². The van der Waals surface area contributed by atoms with E-state index in [0.717, 1.165) is 22.3 Å². The number of hydrogen-bond acceptors (Lipinski definition) is 2. The zero-order chi connectivity index (χ0) is 16.5. The number of nitrogens with zero attached hydrogens (tertiary/aromatic N) is 2. The van der Waals surface area contributed by atoms with Gasteiger partial charge in [-0.15, -0.1) is 0 Å². The van der Waals surface area contributed by atoms with Crippen LogP contribution in [0.5, 0.6) is 0 Å². The van der Waals surface area contributed by atoms with Gasteiger partial charge in [-0.2, -0.15) is 0 Å². The van der Waals surface area contributed by atoms with E-state index >= 15 is 0 Å². The van der Waals surface area contributed by atoms with Crippen molar-refractivity contribution >= 4 is 16.9 Å². The summed E-state index contributed by atoms with van der Waals surface area (Å²) in [5.41, 5.74) is 3.75. The van der Waals surface area contributed by atoms with Gasteiger partial charge in [-0.25, -0.2) is 4.79 Å². The number of aromatic nitrogens is 2. The molecule has 24 heavy (non-hydrogen) atoms. The Morgan fingerprint density at radius 2 is 1.79 bits per heavy atom. The first kappa shape index (κ1) is 14.2. The normalized spacial score (nSPS) is 10.8. The maximum atomic E-state index is 11.7. The van der Waals surface area contributed by atoms with E-state index in [1.807, 2.05) is 59.2 Å². The Kier molecular flexibility index (Phi) is 3.35. The maximum absolute atomic E-state index is 11.7. The summed E-state index contributed by atoms with van der Waals surface area (Å²) < 4.78 is 1.96. The first-order valence-electron chi connectivity index (χ1n) is 7.59. The Balaban J connectivity index is 2.14. The molecule has 0 saturated heterocycles. The molecular weight excluding hydrogens is 300 g/mol. The third kappa shape index (κ3) is 2.25. The van der Waals surface area contributed by atoms with Crippen LogP contribution in [0.1, 0.15) is 10.4 Å². The number of carbonyl (C=O) groups is 1. The van der Waals surface area contributed by atoms with Crippen molar-refractivity contribution in [3.63, 3.8) is 0 Å². The summed E-state index contributed by atoms with van der Waals surface area (Å²) in [4.78, 5) is 15.9. The lowest BCUT2D eigenvalue weighted by Crippen LogP contribution is -2.03. The van der Waals surface area contributed by atoms with Crippen molar-refractivity contribution < 1.29 is 9.90 Å². The average Bonchev–Trinajstić information content (AvgIpc) is 3.02. The molecule has 116 valence electrons. The van der Waals surface area contributed by atoms with Crippen molar-refractivity contribution in [1.82, 2.24) is 9.55 Å². The van der Waals surface area contributed by atoms with Gasteiger partial charge in [0, 0.05) is 11.6 Å². The van der Waals surface area contributed by atoms with E-state index in [1.54, 1.807) is 24.5 Å². The molecule has 0 amide bonds. The minimum atomic E-state index is -0.941. The van der Waals surface area contributed by atoms with Crippen LogP contribution in [0.4, 0.5) is 0 Å². The molecule has 0 radical (unpaired) electrons. The van der Waals surface area contributed by atoms with Gasteiger partial charge in [0.05, 0.1) is 28.7 Å². The highest BCUT2D eigenvalue weighted by molar-refractivity contribution is 6.04. The number of aromatic carboxylic acids is 1. The maximum Gasteiger partial charge on any atom is 0.337 e. The standard InChI is InChI=1S/C20H14N2O2/c23-20(24)17-10-4-8-15-12-18(14-6-2-1-3-7-14)22(19(15)17)16-9-5-11-21-13-16/h1-13H,(H,23,24). The molecule has 1 N–H and O–H groups in total. The minimum Gasteiger partial charge on any atom is -0.478 e. The largest absolute Gasteiger partial charge is 0.478 e. The molecule has 0 fully saturated rings. The highest BCUT2D eigenvalue weighted by Gasteiger charge is 2.18. The fourth-order valence-corrected chi connectivity index (χ4v) is 3.01. The molecule has 0 saturated carbocycles. The molecule has 4 rings (SSSR count). The monoisotopic (exact) mass is 314 g/mol. The molecule has 0 unspecified atom stereocenters. The number of fused-ring (bicyclic) bond motifs is 1. The number of carboxylic acid groups (broad SMARTS) is 1. The fourth-order valence-electron chi connectivity index (χ4n) is 3.01. The summed E-state index contributed by atoms with van der Waals surface area (Å²) >= 11 is 0. The Labute approximate surface area is 138 Å². The number of para-hydroxylation sites is 1. The predicted octanol–water partition coefficient (Wildman–Crippen LogP) is 4.39. The summed E-state index contributed by atoms with van der Waals surface area (Å²) in [7, 11) is 0. The second-order valence-electron chi connectivity index (χ2n) is 5.49. The Morgan fingerprint density at radius 1 is 0.958 bits per heavy atom. The van der Waals surface area contributed by atoms with Gasteiger partial charge in [0.15, 0.2) is 0 Å². The molecule has 0 bridgehead atoms. The summed E-state index contributed by atoms with van der Waals surface area (Å²) in [6.07, 6.45) is 3.44. The predicted molar refractivity (Wildman–Crippen MR) is 93.5 cm³/mol. The van der Waals surface area contributed by atoms with Gasteiger partial charge in [0.1, 0.15) is 0 Å². The van der Waals surface area contributed by atoms with Crippen LogP contribution in [0.15, 0.2) is 79.1 Å². The highest BCUT2D eigenvalue weighted by atomic mass is 16.4. The smallest absolute Gasteiger partial charge is 0.337 e. The van der Waals surface area contributed by atoms with Crippen molar-refractivity contribution in [3.8, 4) is 16.9 Å². The van der Waals surface area contributed by atoms with Crippen LogP contribution >= 0.6 is 0 Å². The van der Waals surface area contributed by atoms with E-state index in [0.29, 0.717) is 5.52 Å². The third-order valence-corrected chi connectivity index (χ3v) is 4.03. The number of pyridine rings is 1. The lowest BCUT2D eigenvalue weighted by atomic mass is 10.1. The first-order chi connectivity index (χ1) is 11.8. The van der Waals surface area contributed by atoms with Gasteiger partial charge < -0.3 is 9.67 Å². The number of rotatable bonds is 3. The zero-order valence-electron chi connectivity index (χ0n) is 12.8. The topological polar surface area (TPSA) is 55.1 Å². The Bertz CT molecular complexity index is 1020. The van der Waals surface area contributed by atoms with Gasteiger partial charge in [0.2, 0.25) is 0 Å². The Hall–Kier alpha value is -3.40. The van der Waals surface area contributed by atoms with Crippen LogP contribution in [0.2, 0.25) is 0 Å². The van der Waals surface area contributed by atoms with Crippen molar-refractivity contribution in [3.05, 3.63) is 84.7 Å². The second-order valence-corrected chi connectivity index (χ2v) is 5.49. The summed E-state index contributed by atoms with van der Waals surface area (Å²) in [6, 6.07) is 21.1. The molecule has 2 aromatic carbocycles. The van der Waals surface area contributed by atoms with Crippen LogP contribution in [-0.2, 0) is 0 Å². The van der Waals surface area contributed by atoms with Crippen molar-refractivity contribution in [2.24, 2.45) is 0 Å². The van der Waals surface area contributed by atoms with Gasteiger partial charge in [-0.05, 0) is 29.8 Å². The van der Waals surface area contributed by atoms with E-state index in [1.165, 1.54) is 0 Å². The summed E-state index contributed by atoms with van der Waals surface area (Å²) in [5.74, 6) is -0.941. The fraction of sp³-hybridized carbons (Fsp3) is 0.